The van der Waals surface area contributed by atoms with E-state index in [0.717, 1.165) is 50.8 Å². The summed E-state index contributed by atoms with van der Waals surface area (Å²) in [6.07, 6.45) is 1.57. The molecule has 1 aromatic heterocycles. The van der Waals surface area contributed by atoms with Crippen LogP contribution in [0.5, 0.6) is 0 Å². The molecule has 0 aliphatic carbocycles. The van der Waals surface area contributed by atoms with Gasteiger partial charge in [-0.3, -0.25) is 4.90 Å². The van der Waals surface area contributed by atoms with Crippen LogP contribution in [0.1, 0.15) is 16.1 Å². The molecular weight excluding hydrogens is 358 g/mol. The number of nitriles is 1. The zero-order valence-corrected chi connectivity index (χ0v) is 15.8. The lowest BCUT2D eigenvalue weighted by atomic mass is 10.1. The van der Waals surface area contributed by atoms with E-state index in [1.807, 2.05) is 30.3 Å². The Bertz CT molecular complexity index is 903. The van der Waals surface area contributed by atoms with Crippen molar-refractivity contribution in [1.29, 1.82) is 5.26 Å². The number of hydrogen-bond donors (Lipinski definition) is 1. The largest absolute Gasteiger partial charge is 0.464 e. The quantitative estimate of drug-likeness (QED) is 0.796. The van der Waals surface area contributed by atoms with Gasteiger partial charge < -0.3 is 24.7 Å². The number of rotatable bonds is 4. The minimum atomic E-state index is -0.570. The van der Waals surface area contributed by atoms with E-state index in [-0.39, 0.29) is 16.9 Å². The van der Waals surface area contributed by atoms with Gasteiger partial charge in [0, 0.05) is 43.8 Å². The fraction of sp³-hybridized carbons (Fsp3) is 0.400. The number of benzene rings is 1. The number of methoxy groups -OCH3 is 1. The second-order valence-electron chi connectivity index (χ2n) is 7.01. The van der Waals surface area contributed by atoms with Crippen LogP contribution in [0.3, 0.4) is 0 Å². The van der Waals surface area contributed by atoms with Crippen molar-refractivity contribution in [3.05, 3.63) is 41.7 Å². The summed E-state index contributed by atoms with van der Waals surface area (Å²) in [5.41, 5.74) is 8.40. The molecule has 0 atom stereocenters. The summed E-state index contributed by atoms with van der Waals surface area (Å²) in [6.45, 7) is 5.70. The minimum Gasteiger partial charge on any atom is -0.464 e. The lowest BCUT2D eigenvalue weighted by Crippen LogP contribution is -2.56. The molecule has 0 unspecified atom stereocenters. The first-order valence-corrected chi connectivity index (χ1v) is 9.28. The average Bonchev–Trinajstić information content (AvgIpc) is 3.03. The molecule has 146 valence electrons. The van der Waals surface area contributed by atoms with Gasteiger partial charge in [0.15, 0.2) is 5.69 Å². The number of anilines is 2. The van der Waals surface area contributed by atoms with Crippen molar-refractivity contribution >= 4 is 17.3 Å². The second kappa shape index (κ2) is 7.54. The van der Waals surface area contributed by atoms with Crippen molar-refractivity contribution in [2.45, 2.75) is 6.04 Å². The van der Waals surface area contributed by atoms with Gasteiger partial charge in [-0.05, 0) is 24.3 Å². The third kappa shape index (κ3) is 3.19. The summed E-state index contributed by atoms with van der Waals surface area (Å²) in [5, 5.41) is 9.24. The van der Waals surface area contributed by atoms with Gasteiger partial charge in [0.25, 0.3) is 0 Å². The molecule has 2 aliphatic rings. The van der Waals surface area contributed by atoms with Crippen LogP contribution >= 0.6 is 0 Å². The van der Waals surface area contributed by atoms with Gasteiger partial charge in [-0.25, -0.2) is 4.79 Å². The summed E-state index contributed by atoms with van der Waals surface area (Å²) >= 11 is 0. The van der Waals surface area contributed by atoms with Crippen LogP contribution < -0.4 is 10.6 Å². The van der Waals surface area contributed by atoms with E-state index in [4.69, 9.17) is 15.2 Å². The Morgan fingerprint density at radius 1 is 1.18 bits per heavy atom. The van der Waals surface area contributed by atoms with E-state index < -0.39 is 5.97 Å². The molecule has 8 nitrogen and oxygen atoms in total. The van der Waals surface area contributed by atoms with Crippen molar-refractivity contribution in [3.63, 3.8) is 0 Å². The van der Waals surface area contributed by atoms with Crippen LogP contribution in [0.4, 0.5) is 11.4 Å². The summed E-state index contributed by atoms with van der Waals surface area (Å²) in [5.74, 6) is -0.570. The van der Waals surface area contributed by atoms with Crippen molar-refractivity contribution in [1.82, 2.24) is 9.47 Å². The smallest absolute Gasteiger partial charge is 0.357 e. The highest BCUT2D eigenvalue weighted by atomic mass is 16.5. The van der Waals surface area contributed by atoms with Crippen LogP contribution in [0.2, 0.25) is 0 Å². The predicted molar refractivity (Wildman–Crippen MR) is 105 cm³/mol. The standard InChI is InChI=1S/C20H23N5O3/c1-27-20(26)19-18(22)14(10-21)11-25(19)16-4-2-15(3-5-16)23-6-8-24(9-7-23)17-12-28-13-17/h2-5,11,17H,6-9,12-13,22H2,1H3. The lowest BCUT2D eigenvalue weighted by molar-refractivity contribution is -0.0660. The van der Waals surface area contributed by atoms with Gasteiger partial charge in [-0.1, -0.05) is 0 Å². The average molecular weight is 381 g/mol. The maximum Gasteiger partial charge on any atom is 0.357 e. The highest BCUT2D eigenvalue weighted by molar-refractivity contribution is 5.95. The molecule has 0 amide bonds. The summed E-state index contributed by atoms with van der Waals surface area (Å²) in [4.78, 5) is 17.0. The van der Waals surface area contributed by atoms with Gasteiger partial charge in [-0.2, -0.15) is 5.26 Å². The molecule has 2 saturated heterocycles. The zero-order valence-electron chi connectivity index (χ0n) is 15.8. The second-order valence-corrected chi connectivity index (χ2v) is 7.01. The highest BCUT2D eigenvalue weighted by Crippen LogP contribution is 2.26. The van der Waals surface area contributed by atoms with Crippen molar-refractivity contribution in [2.24, 2.45) is 0 Å². The number of nitrogens with zero attached hydrogens (tertiary/aromatic N) is 4. The fourth-order valence-corrected chi connectivity index (χ4v) is 3.72. The van der Waals surface area contributed by atoms with E-state index in [0.29, 0.717) is 6.04 Å². The number of piperazine rings is 1. The predicted octanol–water partition coefficient (Wildman–Crippen LogP) is 1.24. The SMILES string of the molecule is COC(=O)c1c(N)c(C#N)cn1-c1ccc(N2CCN(C3COC3)CC2)cc1. The number of aromatic nitrogens is 1. The number of carbonyl (C=O) groups is 1. The number of hydrogen-bond acceptors (Lipinski definition) is 7. The maximum absolute atomic E-state index is 12.1. The van der Waals surface area contributed by atoms with Crippen LogP contribution in [0.15, 0.2) is 30.5 Å². The normalized spacial score (nSPS) is 17.8. The first kappa shape index (κ1) is 18.3. The zero-order chi connectivity index (χ0) is 19.7. The molecule has 4 rings (SSSR count). The molecule has 0 spiro atoms. The highest BCUT2D eigenvalue weighted by Gasteiger charge is 2.29. The molecule has 0 bridgehead atoms. The molecule has 28 heavy (non-hydrogen) atoms. The molecule has 3 heterocycles. The third-order valence-electron chi connectivity index (χ3n) is 5.49. The van der Waals surface area contributed by atoms with Crippen LogP contribution in [-0.4, -0.2) is 68.0 Å². The van der Waals surface area contributed by atoms with Crippen molar-refractivity contribution in [3.8, 4) is 11.8 Å². The summed E-state index contributed by atoms with van der Waals surface area (Å²) < 4.78 is 11.7. The number of nitrogens with two attached hydrogens (primary N) is 1. The molecule has 0 saturated carbocycles. The first-order valence-electron chi connectivity index (χ1n) is 9.28. The van der Waals surface area contributed by atoms with E-state index in [1.54, 1.807) is 10.8 Å². The monoisotopic (exact) mass is 381 g/mol. The van der Waals surface area contributed by atoms with Crippen LogP contribution in [0.25, 0.3) is 5.69 Å². The molecule has 1 aromatic carbocycles. The number of carbonyl (C=O) groups excluding carboxylic acids is 1. The maximum atomic E-state index is 12.1. The molecule has 2 aliphatic heterocycles. The van der Waals surface area contributed by atoms with Gasteiger partial charge in [0.1, 0.15) is 6.07 Å². The third-order valence-corrected chi connectivity index (χ3v) is 5.49. The van der Waals surface area contributed by atoms with Gasteiger partial charge in [0.05, 0.1) is 37.6 Å². The molecular formula is C20H23N5O3. The van der Waals surface area contributed by atoms with Crippen LogP contribution in [0, 0.1) is 11.3 Å². The molecule has 2 aromatic rings. The Labute approximate surface area is 163 Å². The van der Waals surface area contributed by atoms with Gasteiger partial charge in [-0.15, -0.1) is 0 Å². The number of ether oxygens (including phenoxy) is 2. The van der Waals surface area contributed by atoms with E-state index in [1.165, 1.54) is 7.11 Å². The van der Waals surface area contributed by atoms with Gasteiger partial charge in [0.2, 0.25) is 0 Å². The topological polar surface area (TPSA) is 96.7 Å². The fourth-order valence-electron chi connectivity index (χ4n) is 3.72. The van der Waals surface area contributed by atoms with E-state index in [9.17, 15) is 10.1 Å². The van der Waals surface area contributed by atoms with Crippen molar-refractivity contribution in [2.75, 3.05) is 57.1 Å². The lowest BCUT2D eigenvalue weighted by Gasteiger charge is -2.43. The molecule has 0 radical (unpaired) electrons. The number of esters is 1. The Hall–Kier alpha value is -3.02. The number of nitrogen functional groups attached to an aromatic ring is 1. The summed E-state index contributed by atoms with van der Waals surface area (Å²) in [7, 11) is 1.30. The molecule has 8 heteroatoms. The molecule has 2 fully saturated rings. The molecule has 2 N–H and O–H groups in total. The minimum absolute atomic E-state index is 0.134. The van der Waals surface area contributed by atoms with Gasteiger partial charge >= 0.3 is 5.97 Å². The Kier molecular flexibility index (Phi) is 4.94. The van der Waals surface area contributed by atoms with E-state index >= 15 is 0 Å². The van der Waals surface area contributed by atoms with E-state index in [2.05, 4.69) is 9.80 Å². The van der Waals surface area contributed by atoms with Crippen LogP contribution in [-0.2, 0) is 9.47 Å². The Balaban J connectivity index is 1.53. The summed E-state index contributed by atoms with van der Waals surface area (Å²) in [6, 6.07) is 10.5. The first-order chi connectivity index (χ1) is 13.6. The van der Waals surface area contributed by atoms with Crippen molar-refractivity contribution < 1.29 is 14.3 Å². The Morgan fingerprint density at radius 3 is 2.36 bits per heavy atom. The Morgan fingerprint density at radius 2 is 1.82 bits per heavy atom.